The number of carbonyl (C=O) groups excluding carboxylic acids is 1. The molecule has 122 valence electrons. The van der Waals surface area contributed by atoms with Gasteiger partial charge >= 0.3 is 0 Å². The zero-order valence-electron chi connectivity index (χ0n) is 13.7. The van der Waals surface area contributed by atoms with E-state index in [4.69, 9.17) is 0 Å². The van der Waals surface area contributed by atoms with Crippen molar-refractivity contribution < 1.29 is 4.79 Å². The molecule has 2 aromatic heterocycles. The summed E-state index contributed by atoms with van der Waals surface area (Å²) in [5, 5.41) is 9.52. The average molecular weight is 337 g/mol. The number of aromatic nitrogens is 2. The maximum absolute atomic E-state index is 12.0. The molecule has 3 aromatic rings. The third kappa shape index (κ3) is 3.63. The summed E-state index contributed by atoms with van der Waals surface area (Å²) in [7, 11) is 0. The zero-order chi connectivity index (χ0) is 16.9. The van der Waals surface area contributed by atoms with Crippen LogP contribution in [0.2, 0.25) is 0 Å². The molecule has 0 radical (unpaired) electrons. The van der Waals surface area contributed by atoms with Crippen LogP contribution in [-0.4, -0.2) is 15.7 Å². The summed E-state index contributed by atoms with van der Waals surface area (Å²) in [6, 6.07) is 13.9. The molecule has 0 saturated heterocycles. The number of amides is 1. The molecule has 0 bridgehead atoms. The van der Waals surface area contributed by atoms with Gasteiger partial charge in [0.05, 0.1) is 11.4 Å². The first-order valence-corrected chi connectivity index (χ1v) is 8.63. The Morgan fingerprint density at radius 1 is 1.21 bits per heavy atom. The predicted molar refractivity (Wildman–Crippen MR) is 98.2 cm³/mol. The Morgan fingerprint density at radius 2 is 2.00 bits per heavy atom. The molecule has 0 spiro atoms. The fourth-order valence-electron chi connectivity index (χ4n) is 2.53. The van der Waals surface area contributed by atoms with Crippen LogP contribution >= 0.6 is 11.3 Å². The summed E-state index contributed by atoms with van der Waals surface area (Å²) in [4.78, 5) is 13.1. The molecule has 4 nitrogen and oxygen atoms in total. The predicted octanol–water partition coefficient (Wildman–Crippen LogP) is 3.88. The van der Waals surface area contributed by atoms with Crippen LogP contribution in [-0.2, 0) is 11.3 Å². The highest BCUT2D eigenvalue weighted by atomic mass is 32.1. The van der Waals surface area contributed by atoms with Crippen molar-refractivity contribution >= 4 is 23.3 Å². The van der Waals surface area contributed by atoms with Gasteiger partial charge in [0.2, 0.25) is 5.91 Å². The molecular formula is C19H19N3OS. The van der Waals surface area contributed by atoms with Gasteiger partial charge in [-0.05, 0) is 43.5 Å². The number of rotatable bonds is 5. The molecule has 0 unspecified atom stereocenters. The van der Waals surface area contributed by atoms with Gasteiger partial charge in [0.25, 0.3) is 0 Å². The largest absolute Gasteiger partial charge is 0.348 e. The first kappa shape index (κ1) is 16.2. The van der Waals surface area contributed by atoms with E-state index in [1.807, 2.05) is 72.4 Å². The number of carbonyl (C=O) groups is 1. The maximum atomic E-state index is 12.0. The van der Waals surface area contributed by atoms with Gasteiger partial charge in [-0.1, -0.05) is 24.3 Å². The van der Waals surface area contributed by atoms with E-state index in [9.17, 15) is 4.79 Å². The van der Waals surface area contributed by atoms with Gasteiger partial charge < -0.3 is 5.32 Å². The summed E-state index contributed by atoms with van der Waals surface area (Å²) in [5.74, 6) is -0.102. The van der Waals surface area contributed by atoms with Crippen LogP contribution in [0, 0.1) is 13.8 Å². The fourth-order valence-corrected chi connectivity index (χ4v) is 3.15. The van der Waals surface area contributed by atoms with Crippen molar-refractivity contribution in [3.05, 3.63) is 75.7 Å². The molecular weight excluding hydrogens is 318 g/mol. The number of nitrogens with one attached hydrogen (secondary N) is 1. The van der Waals surface area contributed by atoms with Gasteiger partial charge in [0, 0.05) is 28.8 Å². The quantitative estimate of drug-likeness (QED) is 0.718. The van der Waals surface area contributed by atoms with Crippen molar-refractivity contribution in [1.29, 1.82) is 0 Å². The molecule has 0 saturated carbocycles. The molecule has 0 aliphatic heterocycles. The van der Waals surface area contributed by atoms with E-state index in [-0.39, 0.29) is 5.91 Å². The molecule has 3 rings (SSSR count). The summed E-state index contributed by atoms with van der Waals surface area (Å²) in [5.41, 5.74) is 4.05. The van der Waals surface area contributed by atoms with E-state index in [0.717, 1.165) is 27.5 Å². The van der Waals surface area contributed by atoms with Crippen LogP contribution in [0.1, 0.15) is 21.8 Å². The van der Waals surface area contributed by atoms with Crippen LogP contribution < -0.4 is 5.32 Å². The maximum Gasteiger partial charge on any atom is 0.244 e. The summed E-state index contributed by atoms with van der Waals surface area (Å²) >= 11 is 1.61. The summed E-state index contributed by atoms with van der Waals surface area (Å²) in [6.45, 7) is 4.46. The Morgan fingerprint density at radius 3 is 2.71 bits per heavy atom. The standard InChI is InChI=1S/C19H19N3OS/c1-14-18(13-20-19(23)11-10-17-9-6-12-24-17)15(2)22(21-14)16-7-4-3-5-8-16/h3-12H,13H2,1-2H3,(H,20,23)/b11-10+. The topological polar surface area (TPSA) is 46.9 Å². The van der Waals surface area contributed by atoms with Crippen molar-refractivity contribution in [3.8, 4) is 5.69 Å². The van der Waals surface area contributed by atoms with Gasteiger partial charge in [-0.2, -0.15) is 5.10 Å². The number of nitrogens with zero attached hydrogens (tertiary/aromatic N) is 2. The number of aryl methyl sites for hydroxylation is 1. The zero-order valence-corrected chi connectivity index (χ0v) is 14.5. The highest BCUT2D eigenvalue weighted by molar-refractivity contribution is 7.10. The average Bonchev–Trinajstić information content (AvgIpc) is 3.21. The molecule has 0 aliphatic rings. The molecule has 1 amide bonds. The lowest BCUT2D eigenvalue weighted by Crippen LogP contribution is -2.21. The minimum absolute atomic E-state index is 0.102. The molecule has 0 fully saturated rings. The van der Waals surface area contributed by atoms with Gasteiger partial charge in [0.15, 0.2) is 0 Å². The number of hydrogen-bond donors (Lipinski definition) is 1. The number of thiophene rings is 1. The first-order valence-electron chi connectivity index (χ1n) is 7.75. The van der Waals surface area contributed by atoms with Crippen LogP contribution in [0.25, 0.3) is 11.8 Å². The lowest BCUT2D eigenvalue weighted by molar-refractivity contribution is -0.116. The third-order valence-electron chi connectivity index (χ3n) is 3.82. The lowest BCUT2D eigenvalue weighted by atomic mass is 10.2. The highest BCUT2D eigenvalue weighted by Gasteiger charge is 2.12. The third-order valence-corrected chi connectivity index (χ3v) is 4.66. The van der Waals surface area contributed by atoms with Crippen LogP contribution in [0.15, 0.2) is 53.9 Å². The monoisotopic (exact) mass is 337 g/mol. The smallest absolute Gasteiger partial charge is 0.244 e. The van der Waals surface area contributed by atoms with Crippen LogP contribution in [0.5, 0.6) is 0 Å². The van der Waals surface area contributed by atoms with Crippen LogP contribution in [0.4, 0.5) is 0 Å². The molecule has 5 heteroatoms. The molecule has 1 aromatic carbocycles. The Hall–Kier alpha value is -2.66. The fraction of sp³-hybridized carbons (Fsp3) is 0.158. The van der Waals surface area contributed by atoms with Gasteiger partial charge in [-0.25, -0.2) is 4.68 Å². The number of benzene rings is 1. The second kappa shape index (κ2) is 7.27. The van der Waals surface area contributed by atoms with Gasteiger partial charge in [-0.15, -0.1) is 11.3 Å². The Labute approximate surface area is 145 Å². The number of hydrogen-bond acceptors (Lipinski definition) is 3. The lowest BCUT2D eigenvalue weighted by Gasteiger charge is -2.06. The number of para-hydroxylation sites is 1. The normalized spacial score (nSPS) is 11.1. The molecule has 1 N–H and O–H groups in total. The molecule has 0 atom stereocenters. The van der Waals surface area contributed by atoms with E-state index in [0.29, 0.717) is 6.54 Å². The Bertz CT molecular complexity index is 848. The van der Waals surface area contributed by atoms with Gasteiger partial charge in [-0.3, -0.25) is 4.79 Å². The first-order chi connectivity index (χ1) is 11.6. The SMILES string of the molecule is Cc1nn(-c2ccccc2)c(C)c1CNC(=O)/C=C/c1cccs1. The van der Waals surface area contributed by atoms with E-state index in [2.05, 4.69) is 10.4 Å². The van der Waals surface area contributed by atoms with E-state index in [1.54, 1.807) is 17.4 Å². The highest BCUT2D eigenvalue weighted by Crippen LogP contribution is 2.17. The van der Waals surface area contributed by atoms with Crippen molar-refractivity contribution in [2.75, 3.05) is 0 Å². The minimum atomic E-state index is -0.102. The van der Waals surface area contributed by atoms with Crippen molar-refractivity contribution in [3.63, 3.8) is 0 Å². The minimum Gasteiger partial charge on any atom is -0.348 e. The Kier molecular flexibility index (Phi) is 4.91. The van der Waals surface area contributed by atoms with Crippen LogP contribution in [0.3, 0.4) is 0 Å². The molecule has 2 heterocycles. The van der Waals surface area contributed by atoms with Crippen molar-refractivity contribution in [1.82, 2.24) is 15.1 Å². The Balaban J connectivity index is 1.69. The van der Waals surface area contributed by atoms with E-state index < -0.39 is 0 Å². The second-order valence-electron chi connectivity index (χ2n) is 5.46. The van der Waals surface area contributed by atoms with Crippen molar-refractivity contribution in [2.45, 2.75) is 20.4 Å². The van der Waals surface area contributed by atoms with E-state index >= 15 is 0 Å². The second-order valence-corrected chi connectivity index (χ2v) is 6.44. The summed E-state index contributed by atoms with van der Waals surface area (Å²) in [6.07, 6.45) is 3.39. The van der Waals surface area contributed by atoms with Gasteiger partial charge in [0.1, 0.15) is 0 Å². The van der Waals surface area contributed by atoms with Crippen molar-refractivity contribution in [2.24, 2.45) is 0 Å². The molecule has 0 aliphatic carbocycles. The molecule has 24 heavy (non-hydrogen) atoms. The summed E-state index contributed by atoms with van der Waals surface area (Å²) < 4.78 is 1.91. The van der Waals surface area contributed by atoms with E-state index in [1.165, 1.54) is 0 Å².